The van der Waals surface area contributed by atoms with Crippen molar-refractivity contribution >= 4 is 11.8 Å². The normalized spacial score (nSPS) is 32.5. The third kappa shape index (κ3) is 2.63. The first-order valence-electron chi connectivity index (χ1n) is 7.32. The fourth-order valence-electron chi connectivity index (χ4n) is 3.01. The summed E-state index contributed by atoms with van der Waals surface area (Å²) in [6, 6.07) is -0.307. The van der Waals surface area contributed by atoms with Gasteiger partial charge in [0.05, 0.1) is 0 Å². The van der Waals surface area contributed by atoms with Gasteiger partial charge < -0.3 is 10.2 Å². The first-order chi connectivity index (χ1) is 8.69. The van der Waals surface area contributed by atoms with Crippen LogP contribution in [0.25, 0.3) is 0 Å². The predicted molar refractivity (Wildman–Crippen MR) is 74.5 cm³/mol. The van der Waals surface area contributed by atoms with Crippen molar-refractivity contribution in [3.05, 3.63) is 0 Å². The van der Waals surface area contributed by atoms with E-state index in [0.717, 1.165) is 12.8 Å². The number of rotatable bonds is 3. The summed E-state index contributed by atoms with van der Waals surface area (Å²) < 4.78 is 0. The second kappa shape index (κ2) is 4.50. The number of carbonyl (C=O) groups excluding carboxylic acids is 2. The lowest BCUT2D eigenvalue weighted by molar-refractivity contribution is -0.157. The van der Waals surface area contributed by atoms with Crippen LogP contribution in [-0.2, 0) is 9.59 Å². The maximum absolute atomic E-state index is 12.8. The van der Waals surface area contributed by atoms with Crippen LogP contribution in [0.3, 0.4) is 0 Å². The highest BCUT2D eigenvalue weighted by molar-refractivity contribution is 6.00. The van der Waals surface area contributed by atoms with E-state index < -0.39 is 5.54 Å². The number of carbonyl (C=O) groups is 2. The standard InChI is InChI=1S/C15H26N2O2/c1-6-11-12(18)16-15(5,10-7-8-10)13(19)17(11)9-14(2,3)4/h10-11H,6-9H2,1-5H3,(H,16,18). The zero-order valence-electron chi connectivity index (χ0n) is 12.7. The van der Waals surface area contributed by atoms with E-state index in [1.54, 1.807) is 0 Å². The van der Waals surface area contributed by atoms with Gasteiger partial charge in [-0.25, -0.2) is 0 Å². The third-order valence-electron chi connectivity index (χ3n) is 4.19. The van der Waals surface area contributed by atoms with Crippen LogP contribution in [0.5, 0.6) is 0 Å². The average Bonchev–Trinajstić information content (AvgIpc) is 3.08. The monoisotopic (exact) mass is 266 g/mol. The largest absolute Gasteiger partial charge is 0.340 e. The van der Waals surface area contributed by atoms with E-state index in [1.165, 1.54) is 0 Å². The molecule has 0 spiro atoms. The Bertz CT molecular complexity index is 395. The fourth-order valence-corrected chi connectivity index (χ4v) is 3.01. The molecule has 1 aliphatic heterocycles. The molecule has 0 bridgehead atoms. The zero-order chi connectivity index (χ0) is 14.4. The molecule has 0 aromatic heterocycles. The molecule has 2 rings (SSSR count). The summed E-state index contributed by atoms with van der Waals surface area (Å²) in [6.07, 6.45) is 2.76. The van der Waals surface area contributed by atoms with Crippen LogP contribution < -0.4 is 5.32 Å². The van der Waals surface area contributed by atoms with Crippen LogP contribution in [0.1, 0.15) is 53.9 Å². The summed E-state index contributed by atoms with van der Waals surface area (Å²) in [4.78, 5) is 27.0. The summed E-state index contributed by atoms with van der Waals surface area (Å²) in [7, 11) is 0. The highest BCUT2D eigenvalue weighted by atomic mass is 16.2. The van der Waals surface area contributed by atoms with Gasteiger partial charge in [0.2, 0.25) is 11.8 Å². The summed E-state index contributed by atoms with van der Waals surface area (Å²) in [5.74, 6) is 0.446. The Balaban J connectivity index is 2.28. The Hall–Kier alpha value is -1.06. The van der Waals surface area contributed by atoms with Crippen LogP contribution >= 0.6 is 0 Å². The van der Waals surface area contributed by atoms with E-state index >= 15 is 0 Å². The SMILES string of the molecule is CCC1C(=O)NC(C)(C2CC2)C(=O)N1CC(C)(C)C. The highest BCUT2D eigenvalue weighted by Crippen LogP contribution is 2.42. The van der Waals surface area contributed by atoms with Gasteiger partial charge in [-0.2, -0.15) is 0 Å². The van der Waals surface area contributed by atoms with Crippen LogP contribution in [0.2, 0.25) is 0 Å². The van der Waals surface area contributed by atoms with Gasteiger partial charge in [-0.1, -0.05) is 27.7 Å². The van der Waals surface area contributed by atoms with Gasteiger partial charge in [0, 0.05) is 6.54 Å². The first-order valence-corrected chi connectivity index (χ1v) is 7.32. The quantitative estimate of drug-likeness (QED) is 0.848. The molecule has 1 saturated heterocycles. The van der Waals surface area contributed by atoms with E-state index in [9.17, 15) is 9.59 Å². The Morgan fingerprint density at radius 1 is 1.32 bits per heavy atom. The molecule has 1 aliphatic carbocycles. The summed E-state index contributed by atoms with van der Waals surface area (Å²) in [5, 5.41) is 2.99. The lowest BCUT2D eigenvalue weighted by atomic mass is 9.86. The lowest BCUT2D eigenvalue weighted by Crippen LogP contribution is -2.70. The summed E-state index contributed by atoms with van der Waals surface area (Å²) >= 11 is 0. The molecule has 2 fully saturated rings. The Morgan fingerprint density at radius 3 is 2.32 bits per heavy atom. The van der Waals surface area contributed by atoms with E-state index in [0.29, 0.717) is 18.9 Å². The Morgan fingerprint density at radius 2 is 1.89 bits per heavy atom. The number of hydrogen-bond donors (Lipinski definition) is 1. The third-order valence-corrected chi connectivity index (χ3v) is 4.19. The van der Waals surface area contributed by atoms with Crippen molar-refractivity contribution in [3.8, 4) is 0 Å². The van der Waals surface area contributed by atoms with Crippen molar-refractivity contribution in [1.82, 2.24) is 10.2 Å². The lowest BCUT2D eigenvalue weighted by Gasteiger charge is -2.46. The Kier molecular flexibility index (Phi) is 3.40. The highest BCUT2D eigenvalue weighted by Gasteiger charge is 2.55. The maximum atomic E-state index is 12.8. The van der Waals surface area contributed by atoms with Crippen molar-refractivity contribution in [1.29, 1.82) is 0 Å². The van der Waals surface area contributed by atoms with Gasteiger partial charge in [-0.3, -0.25) is 9.59 Å². The van der Waals surface area contributed by atoms with Crippen molar-refractivity contribution in [2.45, 2.75) is 65.5 Å². The first kappa shape index (κ1) is 14.4. The molecule has 2 unspecified atom stereocenters. The van der Waals surface area contributed by atoms with E-state index in [-0.39, 0.29) is 23.3 Å². The number of nitrogens with one attached hydrogen (secondary N) is 1. The van der Waals surface area contributed by atoms with Gasteiger partial charge >= 0.3 is 0 Å². The second-order valence-corrected chi connectivity index (χ2v) is 7.38. The molecule has 0 aromatic rings. The minimum Gasteiger partial charge on any atom is -0.340 e. The van der Waals surface area contributed by atoms with E-state index in [4.69, 9.17) is 0 Å². The molecule has 19 heavy (non-hydrogen) atoms. The van der Waals surface area contributed by atoms with Crippen LogP contribution in [-0.4, -0.2) is 34.8 Å². The van der Waals surface area contributed by atoms with Crippen molar-refractivity contribution in [2.75, 3.05) is 6.54 Å². The molecule has 2 aliphatic rings. The van der Waals surface area contributed by atoms with Crippen LogP contribution in [0.15, 0.2) is 0 Å². The van der Waals surface area contributed by atoms with Crippen molar-refractivity contribution in [3.63, 3.8) is 0 Å². The van der Waals surface area contributed by atoms with Gasteiger partial charge in [-0.05, 0) is 37.5 Å². The summed E-state index contributed by atoms with van der Waals surface area (Å²) in [5.41, 5.74) is -0.667. The van der Waals surface area contributed by atoms with Gasteiger partial charge in [-0.15, -0.1) is 0 Å². The minimum atomic E-state index is -0.673. The van der Waals surface area contributed by atoms with Crippen molar-refractivity contribution in [2.24, 2.45) is 11.3 Å². The maximum Gasteiger partial charge on any atom is 0.249 e. The number of nitrogens with zero attached hydrogens (tertiary/aromatic N) is 1. The predicted octanol–water partition coefficient (Wildman–Crippen LogP) is 1.94. The molecular weight excluding hydrogens is 240 g/mol. The fraction of sp³-hybridized carbons (Fsp3) is 0.867. The summed E-state index contributed by atoms with van der Waals surface area (Å²) in [6.45, 7) is 10.8. The second-order valence-electron chi connectivity index (χ2n) is 7.38. The van der Waals surface area contributed by atoms with Gasteiger partial charge in [0.15, 0.2) is 0 Å². The molecule has 1 saturated carbocycles. The van der Waals surface area contributed by atoms with E-state index in [2.05, 4.69) is 26.1 Å². The molecule has 1 N–H and O–H groups in total. The van der Waals surface area contributed by atoms with Gasteiger partial charge in [0.25, 0.3) is 0 Å². The minimum absolute atomic E-state index is 0.00512. The Labute approximate surface area is 115 Å². The molecule has 1 heterocycles. The van der Waals surface area contributed by atoms with E-state index in [1.807, 2.05) is 18.7 Å². The molecule has 4 heteroatoms. The molecule has 0 aromatic carbocycles. The molecule has 108 valence electrons. The smallest absolute Gasteiger partial charge is 0.249 e. The zero-order valence-corrected chi connectivity index (χ0v) is 12.7. The van der Waals surface area contributed by atoms with Crippen molar-refractivity contribution < 1.29 is 9.59 Å². The number of hydrogen-bond acceptors (Lipinski definition) is 2. The molecule has 2 atom stereocenters. The molecule has 2 amide bonds. The number of piperazine rings is 1. The van der Waals surface area contributed by atoms with Crippen LogP contribution in [0, 0.1) is 11.3 Å². The van der Waals surface area contributed by atoms with Crippen LogP contribution in [0.4, 0.5) is 0 Å². The van der Waals surface area contributed by atoms with Gasteiger partial charge in [0.1, 0.15) is 11.6 Å². The number of amides is 2. The molecule has 0 radical (unpaired) electrons. The molecule has 4 nitrogen and oxygen atoms in total. The molecular formula is C15H26N2O2. The average molecular weight is 266 g/mol. The topological polar surface area (TPSA) is 49.4 Å².